The second kappa shape index (κ2) is 6.65. The minimum absolute atomic E-state index is 0.0210. The molecule has 128 valence electrons. The van der Waals surface area contributed by atoms with Crippen molar-refractivity contribution in [3.8, 4) is 0 Å². The Morgan fingerprint density at radius 1 is 1.38 bits per heavy atom. The Balaban J connectivity index is 1.59. The fourth-order valence-corrected chi connectivity index (χ4v) is 2.69. The van der Waals surface area contributed by atoms with E-state index in [1.165, 1.54) is 18.4 Å². The summed E-state index contributed by atoms with van der Waals surface area (Å²) in [4.78, 5) is 12.2. The van der Waals surface area contributed by atoms with Crippen LogP contribution in [0.1, 0.15) is 37.1 Å². The smallest absolute Gasteiger partial charge is 0.315 e. The number of rotatable bonds is 6. The lowest BCUT2D eigenvalue weighted by atomic mass is 10.0. The van der Waals surface area contributed by atoms with Crippen LogP contribution in [-0.4, -0.2) is 17.7 Å². The predicted octanol–water partition coefficient (Wildman–Crippen LogP) is 3.08. The zero-order valence-corrected chi connectivity index (χ0v) is 13.5. The van der Waals surface area contributed by atoms with Gasteiger partial charge in [0.25, 0.3) is 0 Å². The lowest BCUT2D eigenvalue weighted by molar-refractivity contribution is 0.0366. The van der Waals surface area contributed by atoms with E-state index < -0.39 is 5.60 Å². The average Bonchev–Trinajstić information content (AvgIpc) is 3.24. The number of carbonyl (C=O) groups is 1. The first-order valence-corrected chi connectivity index (χ1v) is 8.02. The van der Waals surface area contributed by atoms with Crippen molar-refractivity contribution in [2.24, 2.45) is 5.92 Å². The van der Waals surface area contributed by atoms with Gasteiger partial charge >= 0.3 is 6.03 Å². The molecule has 0 radical (unpaired) electrons. The van der Waals surface area contributed by atoms with Gasteiger partial charge in [0.15, 0.2) is 0 Å². The van der Waals surface area contributed by atoms with Crippen molar-refractivity contribution in [3.63, 3.8) is 0 Å². The maximum absolute atomic E-state index is 13.1. The van der Waals surface area contributed by atoms with E-state index in [0.29, 0.717) is 11.7 Å². The van der Waals surface area contributed by atoms with Gasteiger partial charge in [0.2, 0.25) is 0 Å². The molecule has 5 nitrogen and oxygen atoms in total. The lowest BCUT2D eigenvalue weighted by Crippen LogP contribution is -2.44. The van der Waals surface area contributed by atoms with Crippen LogP contribution in [0.2, 0.25) is 0 Å². The predicted molar refractivity (Wildman–Crippen MR) is 86.7 cm³/mol. The first kappa shape index (κ1) is 16.5. The van der Waals surface area contributed by atoms with Crippen LogP contribution in [0, 0.1) is 11.7 Å². The molecule has 2 atom stereocenters. The second-order valence-electron chi connectivity index (χ2n) is 6.44. The van der Waals surface area contributed by atoms with Gasteiger partial charge < -0.3 is 20.2 Å². The summed E-state index contributed by atoms with van der Waals surface area (Å²) in [6.07, 6.45) is 3.54. The summed E-state index contributed by atoms with van der Waals surface area (Å²) >= 11 is 0. The van der Waals surface area contributed by atoms with Gasteiger partial charge in [-0.2, -0.15) is 0 Å². The van der Waals surface area contributed by atoms with Gasteiger partial charge in [-0.05, 0) is 55.5 Å². The maximum atomic E-state index is 13.1. The Labute approximate surface area is 139 Å². The molecular formula is C18H21FN2O3. The number of halogens is 1. The summed E-state index contributed by atoms with van der Waals surface area (Å²) in [5.74, 6) is 0.458. The number of benzene rings is 1. The van der Waals surface area contributed by atoms with Gasteiger partial charge in [-0.15, -0.1) is 0 Å². The number of urea groups is 1. The summed E-state index contributed by atoms with van der Waals surface area (Å²) in [5.41, 5.74) is -0.405. The van der Waals surface area contributed by atoms with Crippen LogP contribution in [0.25, 0.3) is 0 Å². The molecule has 1 fully saturated rings. The third kappa shape index (κ3) is 3.94. The van der Waals surface area contributed by atoms with Crippen molar-refractivity contribution in [2.75, 3.05) is 6.54 Å². The highest BCUT2D eigenvalue weighted by molar-refractivity contribution is 5.74. The number of amides is 2. The fourth-order valence-electron chi connectivity index (χ4n) is 2.69. The van der Waals surface area contributed by atoms with E-state index in [1.807, 2.05) is 0 Å². The SMILES string of the molecule is C[C@@](O)(CNC(=O)N[C@H](c1ccc(F)cc1)C1CC1)c1ccco1. The largest absolute Gasteiger partial charge is 0.466 e. The van der Waals surface area contributed by atoms with Crippen molar-refractivity contribution in [1.82, 2.24) is 10.6 Å². The van der Waals surface area contributed by atoms with E-state index >= 15 is 0 Å². The number of hydrogen-bond acceptors (Lipinski definition) is 3. The number of carbonyl (C=O) groups excluding carboxylic acids is 1. The zero-order valence-electron chi connectivity index (χ0n) is 13.5. The molecule has 2 aromatic rings. The third-order valence-corrected chi connectivity index (χ3v) is 4.25. The lowest BCUT2D eigenvalue weighted by Gasteiger charge is -2.23. The standard InChI is InChI=1S/C18H21FN2O3/c1-18(23,15-3-2-10-24-15)11-20-17(22)21-16(12-4-5-12)13-6-8-14(19)9-7-13/h2-3,6-10,12,16,23H,4-5,11H2,1H3,(H2,20,21,22)/t16-,18+/m0/s1. The van der Waals surface area contributed by atoms with Crippen LogP contribution < -0.4 is 10.6 Å². The topological polar surface area (TPSA) is 74.5 Å². The van der Waals surface area contributed by atoms with Gasteiger partial charge in [-0.3, -0.25) is 0 Å². The molecule has 0 spiro atoms. The molecule has 6 heteroatoms. The van der Waals surface area contributed by atoms with E-state index in [9.17, 15) is 14.3 Å². The van der Waals surface area contributed by atoms with Crippen molar-refractivity contribution < 1.29 is 18.7 Å². The average molecular weight is 332 g/mol. The van der Waals surface area contributed by atoms with E-state index in [4.69, 9.17) is 4.42 Å². The van der Waals surface area contributed by atoms with Crippen LogP contribution >= 0.6 is 0 Å². The van der Waals surface area contributed by atoms with Crippen molar-refractivity contribution in [1.29, 1.82) is 0 Å². The zero-order chi connectivity index (χ0) is 17.2. The van der Waals surface area contributed by atoms with Crippen LogP contribution in [-0.2, 0) is 5.60 Å². The molecule has 24 heavy (non-hydrogen) atoms. The van der Waals surface area contributed by atoms with Crippen LogP contribution in [0.15, 0.2) is 47.1 Å². The first-order chi connectivity index (χ1) is 11.5. The van der Waals surface area contributed by atoms with Gasteiger partial charge in [0.05, 0.1) is 18.8 Å². The molecule has 3 rings (SSSR count). The summed E-state index contributed by atoms with van der Waals surface area (Å²) in [7, 11) is 0. The van der Waals surface area contributed by atoms with E-state index in [0.717, 1.165) is 18.4 Å². The molecule has 0 aliphatic heterocycles. The number of furan rings is 1. The van der Waals surface area contributed by atoms with Crippen LogP contribution in [0.3, 0.4) is 0 Å². The molecule has 0 saturated heterocycles. The Morgan fingerprint density at radius 2 is 2.08 bits per heavy atom. The molecular weight excluding hydrogens is 311 g/mol. The summed E-state index contributed by atoms with van der Waals surface area (Å²) in [6.45, 7) is 1.59. The van der Waals surface area contributed by atoms with Gasteiger partial charge in [-0.25, -0.2) is 9.18 Å². The molecule has 1 aromatic carbocycles. The monoisotopic (exact) mass is 332 g/mol. The molecule has 0 bridgehead atoms. The van der Waals surface area contributed by atoms with E-state index in [-0.39, 0.29) is 24.4 Å². The quantitative estimate of drug-likeness (QED) is 0.761. The molecule has 1 aliphatic rings. The number of nitrogens with one attached hydrogen (secondary N) is 2. The molecule has 2 amide bonds. The Bertz CT molecular complexity index is 679. The second-order valence-corrected chi connectivity index (χ2v) is 6.44. The highest BCUT2D eigenvalue weighted by atomic mass is 19.1. The maximum Gasteiger partial charge on any atom is 0.315 e. The van der Waals surface area contributed by atoms with Crippen LogP contribution in [0.5, 0.6) is 0 Å². The molecule has 1 aliphatic carbocycles. The van der Waals surface area contributed by atoms with E-state index in [1.54, 1.807) is 31.2 Å². The summed E-state index contributed by atoms with van der Waals surface area (Å²) in [5, 5.41) is 15.9. The number of aliphatic hydroxyl groups is 1. The fraction of sp³-hybridized carbons (Fsp3) is 0.389. The highest BCUT2D eigenvalue weighted by Gasteiger charge is 2.34. The highest BCUT2D eigenvalue weighted by Crippen LogP contribution is 2.41. The molecule has 1 aromatic heterocycles. The minimum Gasteiger partial charge on any atom is -0.466 e. The Hall–Kier alpha value is -2.34. The molecule has 3 N–H and O–H groups in total. The van der Waals surface area contributed by atoms with Crippen molar-refractivity contribution >= 4 is 6.03 Å². The molecule has 0 unspecified atom stereocenters. The Morgan fingerprint density at radius 3 is 2.67 bits per heavy atom. The normalized spacial score (nSPS) is 17.8. The minimum atomic E-state index is -1.29. The summed E-state index contributed by atoms with van der Waals surface area (Å²) in [6, 6.07) is 8.99. The van der Waals surface area contributed by atoms with Gasteiger partial charge in [0, 0.05) is 0 Å². The van der Waals surface area contributed by atoms with Crippen molar-refractivity contribution in [3.05, 3.63) is 59.8 Å². The Kier molecular flexibility index (Phi) is 4.57. The number of hydrogen-bond donors (Lipinski definition) is 3. The van der Waals surface area contributed by atoms with Crippen LogP contribution in [0.4, 0.5) is 9.18 Å². The first-order valence-electron chi connectivity index (χ1n) is 8.02. The van der Waals surface area contributed by atoms with E-state index in [2.05, 4.69) is 10.6 Å². The third-order valence-electron chi connectivity index (χ3n) is 4.25. The van der Waals surface area contributed by atoms with Gasteiger partial charge in [0.1, 0.15) is 17.2 Å². The van der Waals surface area contributed by atoms with Crippen molar-refractivity contribution in [2.45, 2.75) is 31.4 Å². The van der Waals surface area contributed by atoms with Gasteiger partial charge in [-0.1, -0.05) is 12.1 Å². The summed E-state index contributed by atoms with van der Waals surface area (Å²) < 4.78 is 18.3. The molecule has 1 saturated carbocycles. The molecule has 1 heterocycles.